The molecule has 1 amide bonds. The van der Waals surface area contributed by atoms with Crippen LogP contribution in [0.5, 0.6) is 0 Å². The molecule has 5 nitrogen and oxygen atoms in total. The number of amides is 1. The second kappa shape index (κ2) is 18.6. The lowest BCUT2D eigenvalue weighted by molar-refractivity contribution is -0.140. The molecule has 1 saturated heterocycles. The summed E-state index contributed by atoms with van der Waals surface area (Å²) in [6.45, 7) is 2.83. The van der Waals surface area contributed by atoms with Crippen molar-refractivity contribution in [3.8, 4) is 0 Å². The predicted octanol–water partition coefficient (Wildman–Crippen LogP) is 9.53. The van der Waals surface area contributed by atoms with Crippen molar-refractivity contribution in [2.24, 2.45) is 0 Å². The summed E-state index contributed by atoms with van der Waals surface area (Å²) >= 11 is 8.10. The predicted molar refractivity (Wildman–Crippen MR) is 175 cm³/mol. The fraction of sp³-hybridized carbons (Fsp3) is 0.594. The minimum Gasteiger partial charge on any atom is -0.480 e. The third-order valence-corrected chi connectivity index (χ3v) is 9.94. The minimum absolute atomic E-state index is 0.296. The van der Waals surface area contributed by atoms with E-state index in [-0.39, 0.29) is 5.91 Å². The van der Waals surface area contributed by atoms with Crippen molar-refractivity contribution in [3.05, 3.63) is 46.4 Å². The quantitative estimate of drug-likeness (QED) is 0.0906. The van der Waals surface area contributed by atoms with E-state index in [2.05, 4.69) is 36.1 Å². The third-order valence-electron chi connectivity index (χ3n) is 7.42. The number of aliphatic carboxylic acids is 1. The van der Waals surface area contributed by atoms with E-state index in [1.54, 1.807) is 17.8 Å². The highest BCUT2D eigenvalue weighted by molar-refractivity contribution is 8.26. The number of allylic oxidation sites excluding steroid dienone is 2. The van der Waals surface area contributed by atoms with E-state index in [4.69, 9.17) is 17.3 Å². The van der Waals surface area contributed by atoms with Crippen LogP contribution in [0.4, 0.5) is 5.69 Å². The van der Waals surface area contributed by atoms with Crippen molar-refractivity contribution >= 4 is 57.6 Å². The summed E-state index contributed by atoms with van der Waals surface area (Å²) in [5, 5.41) is 10.2. The molecule has 2 heterocycles. The van der Waals surface area contributed by atoms with Crippen LogP contribution < -0.4 is 4.90 Å². The Hall–Kier alpha value is -1.77. The number of carboxylic acids is 1. The molecule has 0 atom stereocenters. The second-order valence-corrected chi connectivity index (χ2v) is 13.5. The number of benzene rings is 1. The highest BCUT2D eigenvalue weighted by Gasteiger charge is 2.33. The van der Waals surface area contributed by atoms with Gasteiger partial charge < -0.3 is 10.0 Å². The van der Waals surface area contributed by atoms with Gasteiger partial charge in [0.1, 0.15) is 10.9 Å². The Bertz CT molecular complexity index is 1040. The molecule has 1 aromatic carbocycles. The second-order valence-electron chi connectivity index (χ2n) is 10.7. The Morgan fingerprint density at radius 2 is 1.35 bits per heavy atom. The first-order valence-corrected chi connectivity index (χ1v) is 17.3. The van der Waals surface area contributed by atoms with E-state index in [0.717, 1.165) is 22.9 Å². The first-order chi connectivity index (χ1) is 19.5. The van der Waals surface area contributed by atoms with Gasteiger partial charge in [-0.3, -0.25) is 14.5 Å². The van der Waals surface area contributed by atoms with Crippen LogP contribution in [0.15, 0.2) is 51.2 Å². The summed E-state index contributed by atoms with van der Waals surface area (Å²) in [6, 6.07) is 8.41. The Balaban J connectivity index is 1.35. The number of hydrogen-bond donors (Lipinski definition) is 1. The average molecular weight is 603 g/mol. The van der Waals surface area contributed by atoms with E-state index in [0.29, 0.717) is 9.23 Å². The topological polar surface area (TPSA) is 60.9 Å². The van der Waals surface area contributed by atoms with Crippen LogP contribution in [0.3, 0.4) is 0 Å². The minimum atomic E-state index is -1.07. The van der Waals surface area contributed by atoms with Gasteiger partial charge in [0.25, 0.3) is 5.91 Å². The summed E-state index contributed by atoms with van der Waals surface area (Å²) in [7, 11) is 0. The number of unbranched alkanes of at least 4 members (excludes halogenated alkanes) is 15. The van der Waals surface area contributed by atoms with Crippen LogP contribution in [0.2, 0.25) is 0 Å². The molecule has 0 aromatic heterocycles. The smallest absolute Gasteiger partial charge is 0.323 e. The van der Waals surface area contributed by atoms with Crippen LogP contribution in [0.25, 0.3) is 0 Å². The average Bonchev–Trinajstić information content (AvgIpc) is 3.42. The van der Waals surface area contributed by atoms with Crippen molar-refractivity contribution in [1.82, 2.24) is 4.90 Å². The van der Waals surface area contributed by atoms with Crippen LogP contribution in [0.1, 0.15) is 110 Å². The SMILES string of the molecule is CCCCCCCCCCCCCCCCCCN1/C(=C/C=C2/SC(=S)N(CC(=O)O)C2=O)Sc2ccccc21. The van der Waals surface area contributed by atoms with Crippen LogP contribution >= 0.6 is 35.7 Å². The number of thioether (sulfide) groups is 2. The fourth-order valence-corrected chi connectivity index (χ4v) is 7.45. The maximum Gasteiger partial charge on any atom is 0.323 e. The number of carboxylic acid groups (broad SMARTS) is 1. The molecule has 220 valence electrons. The molecule has 40 heavy (non-hydrogen) atoms. The van der Waals surface area contributed by atoms with Gasteiger partial charge in [-0.15, -0.1) is 0 Å². The Kier molecular flexibility index (Phi) is 15.2. The monoisotopic (exact) mass is 602 g/mol. The van der Waals surface area contributed by atoms with E-state index in [1.807, 2.05) is 6.08 Å². The molecular weight excluding hydrogens is 557 g/mol. The molecule has 1 fully saturated rings. The van der Waals surface area contributed by atoms with Crippen molar-refractivity contribution in [3.63, 3.8) is 0 Å². The maximum absolute atomic E-state index is 12.6. The van der Waals surface area contributed by atoms with Crippen LogP contribution in [-0.4, -0.2) is 39.3 Å². The maximum atomic E-state index is 12.6. The van der Waals surface area contributed by atoms with Gasteiger partial charge in [0.2, 0.25) is 0 Å². The van der Waals surface area contributed by atoms with E-state index >= 15 is 0 Å². The first kappa shape index (κ1) is 32.7. The Morgan fingerprint density at radius 1 is 0.800 bits per heavy atom. The van der Waals surface area contributed by atoms with E-state index in [9.17, 15) is 9.59 Å². The highest BCUT2D eigenvalue weighted by Crippen LogP contribution is 2.46. The van der Waals surface area contributed by atoms with Gasteiger partial charge in [-0.05, 0) is 30.7 Å². The number of nitrogens with zero attached hydrogens (tertiary/aromatic N) is 2. The third kappa shape index (κ3) is 10.9. The van der Waals surface area contributed by atoms with Gasteiger partial charge in [-0.2, -0.15) is 0 Å². The number of thiocarbonyl (C=S) groups is 1. The molecule has 3 rings (SSSR count). The van der Waals surface area contributed by atoms with Gasteiger partial charge in [-0.1, -0.05) is 151 Å². The molecule has 0 radical (unpaired) electrons. The van der Waals surface area contributed by atoms with Crippen molar-refractivity contribution in [2.45, 2.75) is 115 Å². The summed E-state index contributed by atoms with van der Waals surface area (Å²) in [5.74, 6) is -1.40. The number of fused-ring (bicyclic) bond motifs is 1. The number of carbonyl (C=O) groups is 2. The zero-order chi connectivity index (χ0) is 28.6. The van der Waals surface area contributed by atoms with Gasteiger partial charge in [-0.25, -0.2) is 0 Å². The zero-order valence-electron chi connectivity index (χ0n) is 24.1. The largest absolute Gasteiger partial charge is 0.480 e. The van der Waals surface area contributed by atoms with Crippen LogP contribution in [-0.2, 0) is 9.59 Å². The summed E-state index contributed by atoms with van der Waals surface area (Å²) < 4.78 is 0.296. The van der Waals surface area contributed by atoms with Gasteiger partial charge >= 0.3 is 5.97 Å². The highest BCUT2D eigenvalue weighted by atomic mass is 32.2. The zero-order valence-corrected chi connectivity index (χ0v) is 26.5. The standard InChI is InChI=1S/C32H46N2O3S3/c1-2-3-4-5-6-7-8-9-10-11-12-13-14-15-16-19-24-33-26-20-17-18-21-27(26)39-29(33)23-22-28-31(37)34(25-30(35)36)32(38)40-28/h17-18,20-23H,2-16,19,24-25H2,1H3,(H,35,36)/b28-22+,29-23-. The summed E-state index contributed by atoms with van der Waals surface area (Å²) in [5.41, 5.74) is 1.21. The van der Waals surface area contributed by atoms with Gasteiger partial charge in [0.05, 0.1) is 15.6 Å². The van der Waals surface area contributed by atoms with Crippen molar-refractivity contribution < 1.29 is 14.7 Å². The number of rotatable bonds is 20. The molecular formula is C32H46N2O3S3. The molecule has 0 spiro atoms. The lowest BCUT2D eigenvalue weighted by Crippen LogP contribution is -2.33. The lowest BCUT2D eigenvalue weighted by Gasteiger charge is -2.20. The van der Waals surface area contributed by atoms with Crippen LogP contribution in [0, 0.1) is 0 Å². The summed E-state index contributed by atoms with van der Waals surface area (Å²) in [6.07, 6.45) is 25.5. The molecule has 1 aromatic rings. The molecule has 2 aliphatic heterocycles. The molecule has 1 N–H and O–H groups in total. The number of para-hydroxylation sites is 1. The summed E-state index contributed by atoms with van der Waals surface area (Å²) in [4.78, 5) is 28.9. The van der Waals surface area contributed by atoms with E-state index in [1.165, 1.54) is 119 Å². The lowest BCUT2D eigenvalue weighted by atomic mass is 10.0. The molecule has 0 bridgehead atoms. The molecule has 0 aliphatic carbocycles. The Morgan fingerprint density at radius 3 is 1.93 bits per heavy atom. The number of anilines is 1. The molecule has 8 heteroatoms. The number of carbonyl (C=O) groups excluding carboxylic acids is 1. The van der Waals surface area contributed by atoms with Gasteiger partial charge in [0.15, 0.2) is 0 Å². The fourth-order valence-electron chi connectivity index (χ4n) is 5.16. The first-order valence-electron chi connectivity index (χ1n) is 15.2. The molecule has 0 unspecified atom stereocenters. The number of hydrogen-bond acceptors (Lipinski definition) is 6. The Labute approximate surface area is 255 Å². The molecule has 2 aliphatic rings. The van der Waals surface area contributed by atoms with E-state index < -0.39 is 12.5 Å². The normalized spacial score (nSPS) is 17.0. The molecule has 0 saturated carbocycles. The van der Waals surface area contributed by atoms with Gasteiger partial charge in [0, 0.05) is 11.4 Å². The van der Waals surface area contributed by atoms with Crippen molar-refractivity contribution in [2.75, 3.05) is 18.0 Å². The van der Waals surface area contributed by atoms with Crippen molar-refractivity contribution in [1.29, 1.82) is 0 Å².